The van der Waals surface area contributed by atoms with Crippen LogP contribution < -0.4 is 21.3 Å². The zero-order chi connectivity index (χ0) is 35.6. The van der Waals surface area contributed by atoms with Gasteiger partial charge in [-0.2, -0.15) is 11.8 Å². The number of thioether (sulfide) groups is 1. The molecule has 50 heavy (non-hydrogen) atoms. The molecule has 0 spiro atoms. The van der Waals surface area contributed by atoms with Gasteiger partial charge in [0, 0.05) is 43.0 Å². The largest absolute Gasteiger partial charge is 0.481 e. The van der Waals surface area contributed by atoms with E-state index in [9.17, 15) is 39.6 Å². The number of rotatable bonds is 22. The zero-order valence-corrected chi connectivity index (χ0v) is 29.4. The van der Waals surface area contributed by atoms with Crippen LogP contribution in [0.3, 0.4) is 0 Å². The Kier molecular flexibility index (Phi) is 14.1. The summed E-state index contributed by atoms with van der Waals surface area (Å²) in [4.78, 5) is 49.4. The molecule has 4 aliphatic rings. The van der Waals surface area contributed by atoms with Crippen LogP contribution in [0.1, 0.15) is 89.2 Å². The van der Waals surface area contributed by atoms with Crippen LogP contribution >= 0.6 is 11.8 Å². The maximum Gasteiger partial charge on any atom is 0.315 e. The number of aliphatic carboxylic acids is 1. The number of hydrogen-bond donors (Lipinski definition) is 8. The third kappa shape index (κ3) is 10.3. The van der Waals surface area contributed by atoms with E-state index in [4.69, 9.17) is 0 Å². The normalized spacial score (nSPS) is 31.0. The van der Waals surface area contributed by atoms with Crippen molar-refractivity contribution < 1.29 is 39.6 Å². The van der Waals surface area contributed by atoms with Gasteiger partial charge >= 0.3 is 12.0 Å². The van der Waals surface area contributed by atoms with Crippen LogP contribution in [-0.4, -0.2) is 131 Å². The molecular weight excluding hydrogens is 668 g/mol. The van der Waals surface area contributed by atoms with Gasteiger partial charge in [-0.05, 0) is 45.1 Å². The molecule has 1 saturated carbocycles. The average molecular weight is 723 g/mol. The number of carboxylic acids is 1. The quantitative estimate of drug-likeness (QED) is 0.0453. The van der Waals surface area contributed by atoms with Gasteiger partial charge in [0.1, 0.15) is 17.7 Å². The molecule has 3 aliphatic heterocycles. The molecule has 0 aromatic carbocycles. The summed E-state index contributed by atoms with van der Waals surface area (Å²) in [6, 6.07) is -0.537. The number of unbranched alkanes of at least 4 members (excludes halogenated alkanes) is 7. The van der Waals surface area contributed by atoms with Crippen LogP contribution in [0.2, 0.25) is 0 Å². The number of aliphatic hydroxyl groups is 3. The number of hydrogen-bond acceptors (Lipinski definition) is 11. The number of aromatic nitrogens is 3. The highest BCUT2D eigenvalue weighted by Crippen LogP contribution is 2.44. The third-order valence-corrected chi connectivity index (χ3v) is 11.9. The first-order valence-corrected chi connectivity index (χ1v) is 19.3. The smallest absolute Gasteiger partial charge is 0.315 e. The van der Waals surface area contributed by atoms with Crippen molar-refractivity contribution >= 4 is 35.6 Å². The number of carboxylic acid groups (broad SMARTS) is 1. The van der Waals surface area contributed by atoms with E-state index in [0.29, 0.717) is 43.4 Å². The Hall–Kier alpha value is -2.99. The van der Waals surface area contributed by atoms with Crippen molar-refractivity contribution in [3.8, 4) is 0 Å². The lowest BCUT2D eigenvalue weighted by Gasteiger charge is -2.30. The van der Waals surface area contributed by atoms with Crippen LogP contribution in [0.4, 0.5) is 4.79 Å². The molecule has 1 aliphatic carbocycles. The van der Waals surface area contributed by atoms with Crippen molar-refractivity contribution in [2.24, 2.45) is 5.92 Å². The minimum absolute atomic E-state index is 0.0328. The average Bonchev–Trinajstić information content (AvgIpc) is 3.35. The van der Waals surface area contributed by atoms with Gasteiger partial charge in [-0.1, -0.05) is 37.3 Å². The summed E-state index contributed by atoms with van der Waals surface area (Å²) < 4.78 is 1.79. The first-order chi connectivity index (χ1) is 24.1. The Labute approximate surface area is 296 Å². The second kappa shape index (κ2) is 18.5. The number of aliphatic hydroxyl groups excluding tert-OH is 3. The Morgan fingerprint density at radius 1 is 0.840 bits per heavy atom. The number of nitrogens with one attached hydrogen (secondary N) is 4. The maximum atomic E-state index is 12.3. The second-order valence-corrected chi connectivity index (χ2v) is 15.4. The molecule has 8 N–H and O–H groups in total. The summed E-state index contributed by atoms with van der Waals surface area (Å²) in [5.74, 6) is -1.29. The Bertz CT molecular complexity index is 1300. The number of amides is 4. The van der Waals surface area contributed by atoms with E-state index in [0.717, 1.165) is 82.9 Å². The number of likely N-dealkylation sites (tertiary alicyclic amines) is 1. The number of carbonyl (C=O) groups is 4. The predicted molar refractivity (Wildman–Crippen MR) is 184 cm³/mol. The molecule has 0 radical (unpaired) electrons. The van der Waals surface area contributed by atoms with Crippen molar-refractivity contribution in [2.45, 2.75) is 144 Å². The topological polar surface area (TPSA) is 231 Å². The molecule has 4 fully saturated rings. The minimum Gasteiger partial charge on any atom is -0.481 e. The molecule has 1 aromatic rings. The van der Waals surface area contributed by atoms with Gasteiger partial charge in [-0.25, -0.2) is 4.79 Å². The number of carbonyl (C=O) groups excluding carboxylic acids is 3. The van der Waals surface area contributed by atoms with Crippen molar-refractivity contribution in [2.75, 3.05) is 18.8 Å². The minimum atomic E-state index is -1.46. The summed E-state index contributed by atoms with van der Waals surface area (Å²) in [5, 5.41) is 60.2. The molecule has 1 aromatic heterocycles. The zero-order valence-electron chi connectivity index (χ0n) is 28.6. The van der Waals surface area contributed by atoms with E-state index >= 15 is 0 Å². The van der Waals surface area contributed by atoms with E-state index in [-0.39, 0.29) is 29.9 Å². The van der Waals surface area contributed by atoms with Gasteiger partial charge in [0.15, 0.2) is 0 Å². The fraction of sp³-hybridized carbons (Fsp3) is 0.818. The van der Waals surface area contributed by atoms with Crippen molar-refractivity contribution in [1.82, 2.24) is 41.2 Å². The summed E-state index contributed by atoms with van der Waals surface area (Å²) in [6.45, 7) is 2.32. The van der Waals surface area contributed by atoms with Crippen molar-refractivity contribution in [3.05, 3.63) is 11.9 Å². The third-order valence-electron chi connectivity index (χ3n) is 10.4. The first kappa shape index (κ1) is 38.2. The number of fused-ring (bicyclic) bond motifs is 2. The SMILES string of the molecule is O=C(CCC[C@@H]1SC[C@H]2NC(=O)N[C@@H]12)NCCCCCC(=O)NCc1cn(CCCCCCCCN2[C@@H]3[C@H](C(=O)O)[C@@H](O)[C@H](O)[C@@H](O)[C@@H]32)nn1. The molecule has 0 bridgehead atoms. The summed E-state index contributed by atoms with van der Waals surface area (Å²) in [6.07, 6.45) is 8.77. The highest BCUT2D eigenvalue weighted by atomic mass is 32.2. The summed E-state index contributed by atoms with van der Waals surface area (Å²) in [7, 11) is 0. The summed E-state index contributed by atoms with van der Waals surface area (Å²) in [5.41, 5.74) is 0.711. The molecule has 16 nitrogen and oxygen atoms in total. The van der Waals surface area contributed by atoms with E-state index in [1.165, 1.54) is 0 Å². The van der Waals surface area contributed by atoms with Crippen LogP contribution in [0.5, 0.6) is 0 Å². The van der Waals surface area contributed by atoms with E-state index in [1.54, 1.807) is 4.68 Å². The standard InChI is InChI=1S/C33H54N8O8S/c42-23(13-10-11-22-26-21(19-50-22)36-33(49)37-26)34-14-7-5-6-12-24(43)35-17-20-18-40(39-38-20)15-8-3-1-2-4-9-16-41-27-25(32(47)48)29(44)31(46)30(45)28(27)41/h18,21-22,25-31,44-46H,1-17,19H2,(H,34,42)(H,35,43)(H,47,48)(H2,36,37,49)/t21-,22+,25+,26-,27-,28-,29-,30+,31+,41?/m1/s1. The van der Waals surface area contributed by atoms with E-state index < -0.39 is 42.3 Å². The second-order valence-electron chi connectivity index (χ2n) is 14.1. The summed E-state index contributed by atoms with van der Waals surface area (Å²) >= 11 is 1.86. The van der Waals surface area contributed by atoms with Crippen molar-refractivity contribution in [1.29, 1.82) is 0 Å². The lowest BCUT2D eigenvalue weighted by molar-refractivity contribution is -0.156. The number of urea groups is 1. The monoisotopic (exact) mass is 722 g/mol. The Morgan fingerprint density at radius 3 is 2.32 bits per heavy atom. The van der Waals surface area contributed by atoms with Crippen LogP contribution in [-0.2, 0) is 27.5 Å². The van der Waals surface area contributed by atoms with E-state index in [1.807, 2.05) is 22.9 Å². The fourth-order valence-electron chi connectivity index (χ4n) is 7.64. The van der Waals surface area contributed by atoms with Gasteiger partial charge in [-0.15, -0.1) is 5.10 Å². The highest BCUT2D eigenvalue weighted by molar-refractivity contribution is 8.00. The van der Waals surface area contributed by atoms with Gasteiger partial charge in [0.2, 0.25) is 11.8 Å². The molecule has 10 atom stereocenters. The molecule has 280 valence electrons. The molecule has 1 unspecified atom stereocenters. The van der Waals surface area contributed by atoms with Crippen LogP contribution in [0.25, 0.3) is 0 Å². The molecule has 4 heterocycles. The maximum absolute atomic E-state index is 12.3. The van der Waals surface area contributed by atoms with Crippen molar-refractivity contribution in [3.63, 3.8) is 0 Å². The fourth-order valence-corrected chi connectivity index (χ4v) is 9.18. The molecule has 3 saturated heterocycles. The first-order valence-electron chi connectivity index (χ1n) is 18.3. The van der Waals surface area contributed by atoms with Crippen LogP contribution in [0, 0.1) is 5.92 Å². The molecular formula is C33H54N8O8S. The molecule has 17 heteroatoms. The Morgan fingerprint density at radius 2 is 1.54 bits per heavy atom. The van der Waals surface area contributed by atoms with Gasteiger partial charge in [0.05, 0.1) is 43.1 Å². The highest BCUT2D eigenvalue weighted by Gasteiger charge is 2.65. The van der Waals surface area contributed by atoms with Gasteiger partial charge < -0.3 is 41.7 Å². The van der Waals surface area contributed by atoms with Gasteiger partial charge in [-0.3, -0.25) is 24.0 Å². The lowest BCUT2D eigenvalue weighted by Crippen LogP contribution is -2.53. The van der Waals surface area contributed by atoms with Gasteiger partial charge in [0.25, 0.3) is 0 Å². The van der Waals surface area contributed by atoms with E-state index in [2.05, 4.69) is 31.6 Å². The predicted octanol–water partition coefficient (Wildman–Crippen LogP) is 0.0971. The Balaban J connectivity index is 0.812. The lowest BCUT2D eigenvalue weighted by atomic mass is 9.83. The number of aryl methyl sites for hydroxylation is 1. The number of nitrogens with zero attached hydrogens (tertiary/aromatic N) is 4. The molecule has 5 rings (SSSR count). The molecule has 4 amide bonds. The van der Waals surface area contributed by atoms with Crippen LogP contribution in [0.15, 0.2) is 6.20 Å².